The van der Waals surface area contributed by atoms with E-state index in [1.165, 1.54) is 6.07 Å². The van der Waals surface area contributed by atoms with Crippen molar-refractivity contribution in [3.63, 3.8) is 0 Å². The molecule has 0 radical (unpaired) electrons. The molecule has 5 rings (SSSR count). The van der Waals surface area contributed by atoms with Crippen LogP contribution in [0.3, 0.4) is 0 Å². The molecule has 1 aromatic carbocycles. The van der Waals surface area contributed by atoms with Crippen LogP contribution >= 0.6 is 0 Å². The molecule has 3 saturated heterocycles. The Kier molecular flexibility index (Phi) is 5.86. The number of nitrogens with zero attached hydrogens (tertiary/aromatic N) is 2. The number of fused-ring (bicyclic) bond motifs is 2. The summed E-state index contributed by atoms with van der Waals surface area (Å²) in [5, 5.41) is 4.59. The predicted molar refractivity (Wildman–Crippen MR) is 101 cm³/mol. The molecule has 0 spiro atoms. The number of anilines is 1. The average Bonchev–Trinajstić information content (AvgIpc) is 3.48. The van der Waals surface area contributed by atoms with Gasteiger partial charge < -0.3 is 10.6 Å². The summed E-state index contributed by atoms with van der Waals surface area (Å²) < 4.78 is 78.0. The lowest BCUT2D eigenvalue weighted by molar-refractivity contribution is -0.172. The van der Waals surface area contributed by atoms with Crippen molar-refractivity contribution in [3.8, 4) is 0 Å². The lowest BCUT2D eigenvalue weighted by Crippen LogP contribution is -2.70. The first kappa shape index (κ1) is 22.8. The molecule has 1 aromatic rings. The van der Waals surface area contributed by atoms with Crippen LogP contribution in [0, 0.1) is 5.82 Å². The minimum atomic E-state index is -4.46. The van der Waals surface area contributed by atoms with Crippen molar-refractivity contribution in [3.05, 3.63) is 29.6 Å². The minimum absolute atomic E-state index is 0.0222. The van der Waals surface area contributed by atoms with Crippen molar-refractivity contribution in [1.82, 2.24) is 15.1 Å². The van der Waals surface area contributed by atoms with E-state index in [2.05, 4.69) is 10.6 Å². The first-order valence-corrected chi connectivity index (χ1v) is 10.2. The summed E-state index contributed by atoms with van der Waals surface area (Å²) in [6.45, 7) is 0.755. The van der Waals surface area contributed by atoms with Gasteiger partial charge in [0.25, 0.3) is 6.43 Å². The summed E-state index contributed by atoms with van der Waals surface area (Å²) in [4.78, 5) is 28.1. The molecule has 0 aromatic heterocycles. The summed E-state index contributed by atoms with van der Waals surface area (Å²) >= 11 is 0. The molecule has 32 heavy (non-hydrogen) atoms. The molecule has 2 bridgehead atoms. The Morgan fingerprint density at radius 2 is 1.75 bits per heavy atom. The van der Waals surface area contributed by atoms with Gasteiger partial charge in [0, 0.05) is 30.9 Å². The van der Waals surface area contributed by atoms with Crippen molar-refractivity contribution in [1.29, 1.82) is 0 Å². The molecule has 1 aliphatic carbocycles. The van der Waals surface area contributed by atoms with Gasteiger partial charge in [-0.15, -0.1) is 0 Å². The van der Waals surface area contributed by atoms with Crippen LogP contribution in [-0.2, 0) is 9.59 Å². The van der Waals surface area contributed by atoms with Gasteiger partial charge in [-0.25, -0.2) is 13.2 Å². The van der Waals surface area contributed by atoms with Crippen LogP contribution in [-0.4, -0.2) is 71.6 Å². The lowest BCUT2D eigenvalue weighted by Gasteiger charge is -2.56. The highest BCUT2D eigenvalue weighted by atomic mass is 19.4. The van der Waals surface area contributed by atoms with Crippen LogP contribution in [0.5, 0.6) is 0 Å². The molecule has 3 aliphatic heterocycles. The van der Waals surface area contributed by atoms with Crippen molar-refractivity contribution >= 4 is 17.5 Å². The number of hydrogen-bond donors (Lipinski definition) is 2. The first-order valence-electron chi connectivity index (χ1n) is 10.2. The third-order valence-electron chi connectivity index (χ3n) is 6.30. The second kappa shape index (κ2) is 8.22. The van der Waals surface area contributed by atoms with Crippen LogP contribution in [0.4, 0.5) is 32.0 Å². The Bertz CT molecular complexity index is 893. The molecule has 12 heteroatoms. The zero-order valence-corrected chi connectivity index (χ0v) is 16.9. The highest BCUT2D eigenvalue weighted by Gasteiger charge is 2.64. The van der Waals surface area contributed by atoms with Crippen LogP contribution < -0.4 is 10.6 Å². The molecule has 1 saturated carbocycles. The van der Waals surface area contributed by atoms with E-state index in [4.69, 9.17) is 0 Å². The van der Waals surface area contributed by atoms with Crippen LogP contribution in [0.25, 0.3) is 0 Å². The number of piperidine rings is 1. The van der Waals surface area contributed by atoms with Crippen molar-refractivity contribution in [2.24, 2.45) is 0 Å². The molecule has 2 unspecified atom stereocenters. The molecular formula is C20H22F6N4O2. The number of hydrogen-bond acceptors (Lipinski definition) is 4. The quantitative estimate of drug-likeness (QED) is 0.610. The number of rotatable bonds is 7. The van der Waals surface area contributed by atoms with E-state index in [-0.39, 0.29) is 43.7 Å². The third-order valence-corrected chi connectivity index (χ3v) is 6.30. The maximum atomic E-state index is 13.4. The molecule has 2 N–H and O–H groups in total. The number of piperazine rings is 1. The SMILES string of the molecule is O=C(CN1CC2CC(C1)N2CC(=O)NC1(C(F)(F)F)CC1)Nc1ccc(F)c(C(F)F)c1. The van der Waals surface area contributed by atoms with Gasteiger partial charge in [0.05, 0.1) is 18.7 Å². The fraction of sp³-hybridized carbons (Fsp3) is 0.600. The van der Waals surface area contributed by atoms with Crippen molar-refractivity contribution < 1.29 is 35.9 Å². The molecule has 4 aliphatic rings. The number of nitrogens with one attached hydrogen (secondary N) is 2. The van der Waals surface area contributed by atoms with Crippen LogP contribution in [0.1, 0.15) is 31.3 Å². The summed E-state index contributed by atoms with van der Waals surface area (Å²) in [5.41, 5.74) is -2.82. The third kappa shape index (κ3) is 4.56. The predicted octanol–water partition coefficient (Wildman–Crippen LogP) is 2.67. The Balaban J connectivity index is 1.25. The van der Waals surface area contributed by atoms with E-state index >= 15 is 0 Å². The monoisotopic (exact) mass is 464 g/mol. The van der Waals surface area contributed by atoms with E-state index in [0.29, 0.717) is 13.1 Å². The standard InChI is InChI=1S/C20H22F6N4O2/c21-15-2-1-11(5-14(15)18(22)23)27-16(31)9-29-7-12-6-13(8-29)30(12)10-17(32)28-19(3-4-19)20(24,25)26/h1-2,5,12-13,18H,3-4,6-10H2,(H,27,31)(H,28,32). The first-order chi connectivity index (χ1) is 15.0. The normalized spacial score (nSPS) is 24.7. The maximum Gasteiger partial charge on any atom is 0.411 e. The molecule has 3 heterocycles. The van der Waals surface area contributed by atoms with Gasteiger partial charge >= 0.3 is 6.18 Å². The fourth-order valence-corrected chi connectivity index (χ4v) is 4.43. The molecular weight excluding hydrogens is 442 g/mol. The van der Waals surface area contributed by atoms with Gasteiger partial charge in [0.2, 0.25) is 11.8 Å². The maximum absolute atomic E-state index is 13.4. The highest BCUT2D eigenvalue weighted by molar-refractivity contribution is 5.92. The largest absolute Gasteiger partial charge is 0.411 e. The number of carbonyl (C=O) groups excluding carboxylic acids is 2. The van der Waals surface area contributed by atoms with E-state index in [9.17, 15) is 35.9 Å². The van der Waals surface area contributed by atoms with Crippen LogP contribution in [0.15, 0.2) is 18.2 Å². The van der Waals surface area contributed by atoms with Gasteiger partial charge in [0.15, 0.2) is 0 Å². The highest BCUT2D eigenvalue weighted by Crippen LogP contribution is 2.49. The van der Waals surface area contributed by atoms with Gasteiger partial charge in [-0.05, 0) is 37.5 Å². The van der Waals surface area contributed by atoms with Gasteiger partial charge in [-0.3, -0.25) is 19.4 Å². The summed E-state index contributed by atoms with van der Waals surface area (Å²) in [6, 6.07) is 2.84. The molecule has 176 valence electrons. The number of benzene rings is 1. The molecule has 4 fully saturated rings. The van der Waals surface area contributed by atoms with Gasteiger partial charge in [0.1, 0.15) is 11.4 Å². The Labute approximate surface area is 179 Å². The van der Waals surface area contributed by atoms with Crippen LogP contribution in [0.2, 0.25) is 0 Å². The summed E-state index contributed by atoms with van der Waals surface area (Å²) in [6.07, 6.45) is -6.89. The number of halogens is 6. The topological polar surface area (TPSA) is 64.7 Å². The average molecular weight is 464 g/mol. The van der Waals surface area contributed by atoms with E-state index in [1.54, 1.807) is 0 Å². The van der Waals surface area contributed by atoms with E-state index in [0.717, 1.165) is 18.6 Å². The van der Waals surface area contributed by atoms with E-state index < -0.39 is 41.3 Å². The van der Waals surface area contributed by atoms with E-state index in [1.807, 2.05) is 9.80 Å². The van der Waals surface area contributed by atoms with Gasteiger partial charge in [-0.2, -0.15) is 13.2 Å². The van der Waals surface area contributed by atoms with Crippen molar-refractivity contribution in [2.45, 2.75) is 49.5 Å². The molecule has 2 amide bonds. The zero-order chi connectivity index (χ0) is 23.3. The van der Waals surface area contributed by atoms with Crippen molar-refractivity contribution in [2.75, 3.05) is 31.5 Å². The van der Waals surface area contributed by atoms with Gasteiger partial charge in [-0.1, -0.05) is 0 Å². The number of amides is 2. The fourth-order valence-electron chi connectivity index (χ4n) is 4.43. The molecule has 2 atom stereocenters. The summed E-state index contributed by atoms with van der Waals surface area (Å²) in [7, 11) is 0. The zero-order valence-electron chi connectivity index (χ0n) is 16.9. The lowest BCUT2D eigenvalue weighted by atomic mass is 9.87. The number of alkyl halides is 5. The Morgan fingerprint density at radius 3 is 2.31 bits per heavy atom. The molecule has 6 nitrogen and oxygen atoms in total. The Hall–Kier alpha value is -2.34. The minimum Gasteiger partial charge on any atom is -0.341 e. The second-order valence-corrected chi connectivity index (χ2v) is 8.62. The summed E-state index contributed by atoms with van der Waals surface area (Å²) in [5.74, 6) is -2.17. The number of carbonyl (C=O) groups is 2. The smallest absolute Gasteiger partial charge is 0.341 e. The second-order valence-electron chi connectivity index (χ2n) is 8.62. The Morgan fingerprint density at radius 1 is 1.09 bits per heavy atom.